The minimum absolute atomic E-state index is 0.000346. The highest BCUT2D eigenvalue weighted by Gasteiger charge is 2.21. The molecule has 178 valence electrons. The van der Waals surface area contributed by atoms with Crippen molar-refractivity contribution in [1.29, 1.82) is 0 Å². The SMILES string of the molecule is C=CCn1c(SCC(=O)Nc2ccc(Cl)c([N+](=O)[O-])c2)nnc1C(C)Oc1cccc(C)c1C. The lowest BCUT2D eigenvalue weighted by Crippen LogP contribution is -2.16. The second-order valence-corrected chi connectivity index (χ2v) is 8.81. The fourth-order valence-electron chi connectivity index (χ4n) is 3.16. The van der Waals surface area contributed by atoms with Gasteiger partial charge in [-0.2, -0.15) is 0 Å². The third-order valence-electron chi connectivity index (χ3n) is 5.04. The predicted molar refractivity (Wildman–Crippen MR) is 133 cm³/mol. The van der Waals surface area contributed by atoms with Gasteiger partial charge in [-0.15, -0.1) is 16.8 Å². The van der Waals surface area contributed by atoms with Gasteiger partial charge < -0.3 is 10.1 Å². The van der Waals surface area contributed by atoms with Gasteiger partial charge in [0.2, 0.25) is 5.91 Å². The molecule has 1 aromatic heterocycles. The van der Waals surface area contributed by atoms with Gasteiger partial charge in [-0.3, -0.25) is 19.5 Å². The first kappa shape index (κ1) is 25.3. The number of hydrogen-bond donors (Lipinski definition) is 1. The summed E-state index contributed by atoms with van der Waals surface area (Å²) >= 11 is 7.01. The van der Waals surface area contributed by atoms with E-state index in [-0.39, 0.29) is 34.2 Å². The standard InChI is InChI=1S/C23H24ClN5O4S/c1-5-11-28-22(16(4)33-20-8-6-7-14(2)15(20)3)26-27-23(28)34-13-21(30)25-17-9-10-18(24)19(12-17)29(31)32/h5-10,12,16H,1,11,13H2,2-4H3,(H,25,30). The molecule has 1 amide bonds. The number of nitro benzene ring substituents is 1. The highest BCUT2D eigenvalue weighted by atomic mass is 35.5. The topological polar surface area (TPSA) is 112 Å². The third-order valence-corrected chi connectivity index (χ3v) is 6.32. The van der Waals surface area contributed by atoms with Gasteiger partial charge in [-0.1, -0.05) is 41.6 Å². The molecule has 3 rings (SSSR count). The summed E-state index contributed by atoms with van der Waals surface area (Å²) in [5.41, 5.74) is 2.19. The van der Waals surface area contributed by atoms with Crippen LogP contribution < -0.4 is 10.1 Å². The second-order valence-electron chi connectivity index (χ2n) is 7.46. The van der Waals surface area contributed by atoms with Crippen molar-refractivity contribution in [2.24, 2.45) is 0 Å². The van der Waals surface area contributed by atoms with Crippen LogP contribution >= 0.6 is 23.4 Å². The van der Waals surface area contributed by atoms with Crippen LogP contribution in [0.1, 0.15) is 30.0 Å². The average Bonchev–Trinajstić information content (AvgIpc) is 3.19. The van der Waals surface area contributed by atoms with E-state index in [1.807, 2.05) is 43.5 Å². The molecular formula is C23H24ClN5O4S. The van der Waals surface area contributed by atoms with Gasteiger partial charge in [0.1, 0.15) is 10.8 Å². The van der Waals surface area contributed by atoms with E-state index in [2.05, 4.69) is 22.1 Å². The molecule has 0 aliphatic rings. The van der Waals surface area contributed by atoms with E-state index in [0.29, 0.717) is 17.5 Å². The lowest BCUT2D eigenvalue weighted by Gasteiger charge is -2.18. The van der Waals surface area contributed by atoms with Gasteiger partial charge in [-0.05, 0) is 50.1 Å². The van der Waals surface area contributed by atoms with Gasteiger partial charge in [0.25, 0.3) is 5.69 Å². The van der Waals surface area contributed by atoms with Crippen LogP contribution in [0.5, 0.6) is 5.75 Å². The number of aromatic nitrogens is 3. The number of thioether (sulfide) groups is 1. The van der Waals surface area contributed by atoms with Gasteiger partial charge in [0.15, 0.2) is 17.1 Å². The summed E-state index contributed by atoms with van der Waals surface area (Å²) in [7, 11) is 0. The summed E-state index contributed by atoms with van der Waals surface area (Å²) in [5.74, 6) is 1.05. The minimum atomic E-state index is -0.604. The smallest absolute Gasteiger partial charge is 0.289 e. The molecule has 0 fully saturated rings. The fourth-order valence-corrected chi connectivity index (χ4v) is 4.10. The van der Waals surface area contributed by atoms with Crippen molar-refractivity contribution in [1.82, 2.24) is 14.8 Å². The first-order chi connectivity index (χ1) is 16.2. The summed E-state index contributed by atoms with van der Waals surface area (Å²) in [6.45, 7) is 10.1. The summed E-state index contributed by atoms with van der Waals surface area (Å²) in [4.78, 5) is 22.9. The van der Waals surface area contributed by atoms with Crippen molar-refractivity contribution in [3.8, 4) is 5.75 Å². The summed E-state index contributed by atoms with van der Waals surface area (Å²) < 4.78 is 7.99. The Morgan fingerprint density at radius 3 is 2.82 bits per heavy atom. The first-order valence-corrected chi connectivity index (χ1v) is 11.7. The monoisotopic (exact) mass is 501 g/mol. The Morgan fingerprint density at radius 2 is 2.12 bits per heavy atom. The zero-order valence-corrected chi connectivity index (χ0v) is 20.5. The number of rotatable bonds is 10. The Morgan fingerprint density at radius 1 is 1.35 bits per heavy atom. The van der Waals surface area contributed by atoms with Gasteiger partial charge in [0, 0.05) is 18.3 Å². The van der Waals surface area contributed by atoms with E-state index in [9.17, 15) is 14.9 Å². The molecular weight excluding hydrogens is 478 g/mol. The molecule has 3 aromatic rings. The zero-order chi connectivity index (χ0) is 24.8. The van der Waals surface area contributed by atoms with Crippen LogP contribution in [-0.4, -0.2) is 31.3 Å². The molecule has 0 aliphatic carbocycles. The molecule has 1 heterocycles. The minimum Gasteiger partial charge on any atom is -0.482 e. The zero-order valence-electron chi connectivity index (χ0n) is 18.9. The highest BCUT2D eigenvalue weighted by molar-refractivity contribution is 7.99. The number of nitro groups is 1. The molecule has 0 aliphatic heterocycles. The normalized spacial score (nSPS) is 11.6. The van der Waals surface area contributed by atoms with E-state index in [1.54, 1.807) is 6.08 Å². The predicted octanol–water partition coefficient (Wildman–Crippen LogP) is 5.51. The Hall–Kier alpha value is -3.37. The highest BCUT2D eigenvalue weighted by Crippen LogP contribution is 2.29. The molecule has 1 unspecified atom stereocenters. The number of carbonyl (C=O) groups excluding carboxylic acids is 1. The number of carbonyl (C=O) groups is 1. The van der Waals surface area contributed by atoms with Crippen molar-refractivity contribution in [3.05, 3.63) is 81.1 Å². The number of amides is 1. The number of benzene rings is 2. The number of aryl methyl sites for hydroxylation is 1. The molecule has 1 atom stereocenters. The number of anilines is 1. The maximum absolute atomic E-state index is 12.4. The molecule has 0 bridgehead atoms. The Balaban J connectivity index is 1.70. The summed E-state index contributed by atoms with van der Waals surface area (Å²) in [5, 5.41) is 22.7. The molecule has 0 radical (unpaired) electrons. The molecule has 2 aromatic carbocycles. The van der Waals surface area contributed by atoms with Crippen LogP contribution in [0.4, 0.5) is 11.4 Å². The second kappa shape index (κ2) is 11.2. The van der Waals surface area contributed by atoms with Crippen LogP contribution in [0.2, 0.25) is 5.02 Å². The van der Waals surface area contributed by atoms with Gasteiger partial charge in [0.05, 0.1) is 10.7 Å². The molecule has 0 spiro atoms. The van der Waals surface area contributed by atoms with Crippen molar-refractivity contribution in [2.45, 2.75) is 38.6 Å². The van der Waals surface area contributed by atoms with Gasteiger partial charge >= 0.3 is 0 Å². The van der Waals surface area contributed by atoms with Crippen LogP contribution in [0.25, 0.3) is 0 Å². The van der Waals surface area contributed by atoms with Crippen molar-refractivity contribution in [3.63, 3.8) is 0 Å². The Bertz CT molecular complexity index is 1230. The maximum atomic E-state index is 12.4. The molecule has 9 nitrogen and oxygen atoms in total. The number of hydrogen-bond acceptors (Lipinski definition) is 7. The summed E-state index contributed by atoms with van der Waals surface area (Å²) in [6.07, 6.45) is 1.33. The van der Waals surface area contributed by atoms with Crippen molar-refractivity contribution >= 4 is 40.6 Å². The van der Waals surface area contributed by atoms with E-state index >= 15 is 0 Å². The number of ether oxygens (including phenoxy) is 1. The largest absolute Gasteiger partial charge is 0.482 e. The van der Waals surface area contributed by atoms with E-state index in [0.717, 1.165) is 16.9 Å². The molecule has 0 saturated carbocycles. The van der Waals surface area contributed by atoms with E-state index in [4.69, 9.17) is 16.3 Å². The number of nitrogens with zero attached hydrogens (tertiary/aromatic N) is 4. The average molecular weight is 502 g/mol. The third kappa shape index (κ3) is 5.95. The Labute approximate surface area is 206 Å². The van der Waals surface area contributed by atoms with E-state index < -0.39 is 4.92 Å². The van der Waals surface area contributed by atoms with Crippen LogP contribution in [0, 0.1) is 24.0 Å². The lowest BCUT2D eigenvalue weighted by atomic mass is 10.1. The summed E-state index contributed by atoms with van der Waals surface area (Å²) in [6, 6.07) is 9.96. The number of halogens is 1. The lowest BCUT2D eigenvalue weighted by molar-refractivity contribution is -0.384. The molecule has 11 heteroatoms. The number of allylic oxidation sites excluding steroid dienone is 1. The van der Waals surface area contributed by atoms with Crippen molar-refractivity contribution in [2.75, 3.05) is 11.1 Å². The number of nitrogens with one attached hydrogen (secondary N) is 1. The molecule has 0 saturated heterocycles. The van der Waals surface area contributed by atoms with E-state index in [1.165, 1.54) is 30.0 Å². The molecule has 1 N–H and O–H groups in total. The van der Waals surface area contributed by atoms with Crippen LogP contribution in [0.15, 0.2) is 54.2 Å². The quantitative estimate of drug-likeness (QED) is 0.168. The van der Waals surface area contributed by atoms with Gasteiger partial charge in [-0.25, -0.2) is 0 Å². The van der Waals surface area contributed by atoms with Crippen LogP contribution in [0.3, 0.4) is 0 Å². The first-order valence-electron chi connectivity index (χ1n) is 10.3. The Kier molecular flexibility index (Phi) is 8.30. The van der Waals surface area contributed by atoms with Crippen molar-refractivity contribution < 1.29 is 14.5 Å². The van der Waals surface area contributed by atoms with Crippen LogP contribution in [-0.2, 0) is 11.3 Å². The maximum Gasteiger partial charge on any atom is 0.289 e. The fraction of sp³-hybridized carbons (Fsp3) is 0.261. The molecule has 34 heavy (non-hydrogen) atoms.